The molecule has 0 radical (unpaired) electrons. The molecule has 2 atom stereocenters. The summed E-state index contributed by atoms with van der Waals surface area (Å²) in [4.78, 5) is 24.2. The van der Waals surface area contributed by atoms with E-state index < -0.39 is 18.2 Å². The van der Waals surface area contributed by atoms with Crippen LogP contribution in [-0.2, 0) is 19.1 Å². The Morgan fingerprint density at radius 1 is 0.620 bits per heavy atom. The van der Waals surface area contributed by atoms with Crippen molar-refractivity contribution in [2.75, 3.05) is 13.2 Å². The number of hydrogen-bond acceptors (Lipinski definition) is 6. The first-order chi connectivity index (χ1) is 24.4. The molecule has 0 amide bonds. The van der Waals surface area contributed by atoms with Crippen LogP contribution >= 0.6 is 0 Å². The third-order valence-electron chi connectivity index (χ3n) is 8.29. The van der Waals surface area contributed by atoms with Crippen LogP contribution in [0.15, 0.2) is 72.9 Å². The van der Waals surface area contributed by atoms with Crippen molar-refractivity contribution in [1.29, 1.82) is 0 Å². The van der Waals surface area contributed by atoms with Gasteiger partial charge in [-0.25, -0.2) is 0 Å². The summed E-state index contributed by atoms with van der Waals surface area (Å²) in [5.41, 5.74) is 0. The number of carbonyl (C=O) groups excluding carboxylic acids is 2. The SMILES string of the molecule is CC/C=C\CC(O)/C=C/C=C/C/C=C\C/C=C\C/C=C\CCC(=O)O[C@@H](CO)COC(=O)CCCCCCCCCCCCCCCC(C)C. The zero-order chi connectivity index (χ0) is 36.8. The summed E-state index contributed by atoms with van der Waals surface area (Å²) in [6.07, 6.45) is 45.9. The van der Waals surface area contributed by atoms with Crippen molar-refractivity contribution in [2.45, 2.75) is 174 Å². The van der Waals surface area contributed by atoms with E-state index in [1.807, 2.05) is 30.4 Å². The maximum Gasteiger partial charge on any atom is 0.306 e. The molecule has 286 valence electrons. The molecule has 0 bridgehead atoms. The summed E-state index contributed by atoms with van der Waals surface area (Å²) >= 11 is 0. The highest BCUT2D eigenvalue weighted by Crippen LogP contribution is 2.15. The quantitative estimate of drug-likeness (QED) is 0.0301. The van der Waals surface area contributed by atoms with Gasteiger partial charge in [0.1, 0.15) is 6.61 Å². The number of rotatable bonds is 34. The molecule has 6 nitrogen and oxygen atoms in total. The molecule has 0 aliphatic heterocycles. The van der Waals surface area contributed by atoms with Crippen LogP contribution in [0.3, 0.4) is 0 Å². The van der Waals surface area contributed by atoms with Gasteiger partial charge in [0, 0.05) is 12.8 Å². The molecule has 0 aromatic rings. The Morgan fingerprint density at radius 2 is 1.16 bits per heavy atom. The summed E-state index contributed by atoms with van der Waals surface area (Å²) < 4.78 is 10.5. The van der Waals surface area contributed by atoms with Crippen molar-refractivity contribution < 1.29 is 29.3 Å². The van der Waals surface area contributed by atoms with E-state index in [9.17, 15) is 19.8 Å². The van der Waals surface area contributed by atoms with Gasteiger partial charge in [0.05, 0.1) is 12.7 Å². The predicted octanol–water partition coefficient (Wildman–Crippen LogP) is 11.4. The summed E-state index contributed by atoms with van der Waals surface area (Å²) in [5.74, 6) is 0.125. The van der Waals surface area contributed by atoms with Crippen LogP contribution in [0.25, 0.3) is 0 Å². The van der Waals surface area contributed by atoms with E-state index >= 15 is 0 Å². The Morgan fingerprint density at radius 3 is 1.72 bits per heavy atom. The van der Waals surface area contributed by atoms with E-state index in [2.05, 4.69) is 57.2 Å². The standard InChI is InChI=1S/C44H74O6/c1-4-5-28-34-41(46)35-30-25-21-17-13-9-7-11-15-19-23-27-32-37-44(48)50-42(38-45)39-49-43(47)36-31-26-22-18-14-10-6-8-12-16-20-24-29-33-40(2)3/h5,9,11,13,15,21,23,25,27-28,30,35,40-42,45-46H,4,6-8,10,12,14,16-20,22,24,26,29,31-34,36-39H2,1-3H3/b13-9-,15-11-,25-21+,27-23-,28-5-,35-30+/t41?,42-/m0/s1. The minimum absolute atomic E-state index is 0.108. The molecule has 2 N–H and O–H groups in total. The van der Waals surface area contributed by atoms with Gasteiger partial charge in [0.15, 0.2) is 6.10 Å². The zero-order valence-electron chi connectivity index (χ0n) is 32.2. The van der Waals surface area contributed by atoms with Crippen LogP contribution in [0.2, 0.25) is 0 Å². The Hall–Kier alpha value is -2.70. The summed E-state index contributed by atoms with van der Waals surface area (Å²) in [7, 11) is 0. The van der Waals surface area contributed by atoms with E-state index in [0.29, 0.717) is 19.3 Å². The number of aliphatic hydroxyl groups is 2. The molecule has 0 aromatic carbocycles. The maximum atomic E-state index is 12.1. The van der Waals surface area contributed by atoms with E-state index in [1.54, 1.807) is 6.08 Å². The first kappa shape index (κ1) is 47.3. The molecule has 0 aromatic heterocycles. The summed E-state index contributed by atoms with van der Waals surface area (Å²) in [5, 5.41) is 19.3. The number of aliphatic hydroxyl groups excluding tert-OH is 2. The molecule has 6 heteroatoms. The van der Waals surface area contributed by atoms with Gasteiger partial charge < -0.3 is 19.7 Å². The fraction of sp³-hybridized carbons (Fsp3) is 0.682. The molecule has 0 aliphatic carbocycles. The average Bonchev–Trinajstić information content (AvgIpc) is 3.09. The summed E-state index contributed by atoms with van der Waals surface area (Å²) in [6.45, 7) is 6.21. The number of hydrogen-bond donors (Lipinski definition) is 2. The average molecular weight is 699 g/mol. The summed E-state index contributed by atoms with van der Waals surface area (Å²) in [6, 6.07) is 0. The lowest BCUT2D eigenvalue weighted by Gasteiger charge is -2.15. The van der Waals surface area contributed by atoms with Gasteiger partial charge in [0.25, 0.3) is 0 Å². The topological polar surface area (TPSA) is 93.1 Å². The Kier molecular flexibility index (Phi) is 35.5. The van der Waals surface area contributed by atoms with Gasteiger partial charge in [-0.1, -0.05) is 177 Å². The fourth-order valence-electron chi connectivity index (χ4n) is 5.26. The van der Waals surface area contributed by atoms with Gasteiger partial charge in [-0.05, 0) is 50.9 Å². The Balaban J connectivity index is 3.74. The third kappa shape index (κ3) is 36.6. The zero-order valence-corrected chi connectivity index (χ0v) is 32.2. The first-order valence-electron chi connectivity index (χ1n) is 20.0. The van der Waals surface area contributed by atoms with E-state index in [4.69, 9.17) is 9.47 Å². The molecule has 0 rings (SSSR count). The molecular formula is C44H74O6. The number of esters is 2. The van der Waals surface area contributed by atoms with Crippen LogP contribution in [0.1, 0.15) is 162 Å². The minimum atomic E-state index is -0.825. The molecule has 0 spiro atoms. The van der Waals surface area contributed by atoms with E-state index in [1.165, 1.54) is 70.6 Å². The third-order valence-corrected chi connectivity index (χ3v) is 8.29. The van der Waals surface area contributed by atoms with Crippen molar-refractivity contribution >= 4 is 11.9 Å². The molecule has 0 heterocycles. The second kappa shape index (κ2) is 37.6. The van der Waals surface area contributed by atoms with Gasteiger partial charge in [-0.3, -0.25) is 9.59 Å². The highest BCUT2D eigenvalue weighted by molar-refractivity contribution is 5.70. The largest absolute Gasteiger partial charge is 0.462 e. The molecule has 0 aliphatic rings. The molecule has 0 saturated carbocycles. The number of unbranched alkanes of at least 4 members (excludes halogenated alkanes) is 12. The van der Waals surface area contributed by atoms with E-state index in [0.717, 1.165) is 50.9 Å². The highest BCUT2D eigenvalue weighted by atomic mass is 16.6. The number of allylic oxidation sites excluding steroid dienone is 10. The Bertz CT molecular complexity index is 958. The van der Waals surface area contributed by atoms with Crippen molar-refractivity contribution in [3.05, 3.63) is 72.9 Å². The van der Waals surface area contributed by atoms with Gasteiger partial charge in [-0.15, -0.1) is 0 Å². The minimum Gasteiger partial charge on any atom is -0.462 e. The van der Waals surface area contributed by atoms with Crippen molar-refractivity contribution in [3.8, 4) is 0 Å². The molecule has 1 unspecified atom stereocenters. The number of ether oxygens (including phenoxy) is 2. The lowest BCUT2D eigenvalue weighted by atomic mass is 10.0. The van der Waals surface area contributed by atoms with Crippen molar-refractivity contribution in [2.24, 2.45) is 5.92 Å². The lowest BCUT2D eigenvalue weighted by Crippen LogP contribution is -2.28. The smallest absolute Gasteiger partial charge is 0.306 e. The van der Waals surface area contributed by atoms with E-state index in [-0.39, 0.29) is 25.6 Å². The van der Waals surface area contributed by atoms with Crippen LogP contribution in [0, 0.1) is 5.92 Å². The highest BCUT2D eigenvalue weighted by Gasteiger charge is 2.15. The second-order valence-corrected chi connectivity index (χ2v) is 13.7. The molecule has 0 fully saturated rings. The maximum absolute atomic E-state index is 12.1. The normalized spacial score (nSPS) is 13.7. The predicted molar refractivity (Wildman–Crippen MR) is 211 cm³/mol. The van der Waals surface area contributed by atoms with Crippen LogP contribution in [-0.4, -0.2) is 47.6 Å². The van der Waals surface area contributed by atoms with Crippen LogP contribution in [0.5, 0.6) is 0 Å². The van der Waals surface area contributed by atoms with Crippen molar-refractivity contribution in [3.63, 3.8) is 0 Å². The fourth-order valence-corrected chi connectivity index (χ4v) is 5.26. The Labute approximate surface area is 306 Å². The first-order valence-corrected chi connectivity index (χ1v) is 20.0. The van der Waals surface area contributed by atoms with Crippen LogP contribution in [0.4, 0.5) is 0 Å². The lowest BCUT2D eigenvalue weighted by molar-refractivity contribution is -0.161. The number of carbonyl (C=O) groups is 2. The molecule has 50 heavy (non-hydrogen) atoms. The van der Waals surface area contributed by atoms with Gasteiger partial charge in [-0.2, -0.15) is 0 Å². The van der Waals surface area contributed by atoms with Crippen LogP contribution < -0.4 is 0 Å². The van der Waals surface area contributed by atoms with Gasteiger partial charge >= 0.3 is 11.9 Å². The monoisotopic (exact) mass is 699 g/mol. The second-order valence-electron chi connectivity index (χ2n) is 13.7. The molecule has 0 saturated heterocycles. The van der Waals surface area contributed by atoms with Gasteiger partial charge in [0.2, 0.25) is 0 Å². The van der Waals surface area contributed by atoms with Crippen molar-refractivity contribution in [1.82, 2.24) is 0 Å². The molecular weight excluding hydrogens is 624 g/mol.